The van der Waals surface area contributed by atoms with Crippen molar-refractivity contribution in [1.82, 2.24) is 4.98 Å². The predicted octanol–water partition coefficient (Wildman–Crippen LogP) is 7.18. The van der Waals surface area contributed by atoms with Gasteiger partial charge in [0.15, 0.2) is 0 Å². The molecule has 2 aromatic rings. The van der Waals surface area contributed by atoms with Gasteiger partial charge in [0.05, 0.1) is 18.1 Å². The van der Waals surface area contributed by atoms with Crippen LogP contribution in [0.25, 0.3) is 16.5 Å². The van der Waals surface area contributed by atoms with Gasteiger partial charge in [-0.05, 0) is 67.0 Å². The van der Waals surface area contributed by atoms with Crippen LogP contribution in [0.5, 0.6) is 0 Å². The highest BCUT2D eigenvalue weighted by Crippen LogP contribution is 2.67. The van der Waals surface area contributed by atoms with Crippen molar-refractivity contribution in [2.24, 2.45) is 11.3 Å². The maximum absolute atomic E-state index is 10.6. The highest BCUT2D eigenvalue weighted by molar-refractivity contribution is 5.96. The van der Waals surface area contributed by atoms with Crippen molar-refractivity contribution in [3.8, 4) is 0 Å². The van der Waals surface area contributed by atoms with E-state index >= 15 is 0 Å². The highest BCUT2D eigenvalue weighted by Gasteiger charge is 2.68. The second kappa shape index (κ2) is 7.38. The number of rotatable bonds is 5. The quantitative estimate of drug-likeness (QED) is 0.533. The fourth-order valence-electron chi connectivity index (χ4n) is 6.06. The van der Waals surface area contributed by atoms with Crippen LogP contribution in [-0.4, -0.2) is 22.8 Å². The molecule has 1 aromatic heterocycles. The normalized spacial score (nSPS) is 29.1. The second-order valence-electron chi connectivity index (χ2n) is 9.89. The maximum atomic E-state index is 10.6. The number of fused-ring (bicyclic) bond motifs is 2. The van der Waals surface area contributed by atoms with Crippen LogP contribution in [0.1, 0.15) is 51.5 Å². The van der Waals surface area contributed by atoms with Crippen molar-refractivity contribution in [2.45, 2.75) is 52.1 Å². The summed E-state index contributed by atoms with van der Waals surface area (Å²) in [5.41, 5.74) is 9.05. The third kappa shape index (κ3) is 2.84. The Labute approximate surface area is 189 Å². The first-order valence-corrected chi connectivity index (χ1v) is 12.0. The molecule has 0 amide bonds. The number of aromatic amines is 1. The minimum absolute atomic E-state index is 0.0463. The smallest absolute Gasteiger partial charge is 0.101 e. The van der Waals surface area contributed by atoms with Gasteiger partial charge >= 0.3 is 0 Å². The minimum atomic E-state index is -0.279. The van der Waals surface area contributed by atoms with E-state index in [-0.39, 0.29) is 17.4 Å². The van der Waals surface area contributed by atoms with Gasteiger partial charge in [-0.3, -0.25) is 0 Å². The molecule has 3 aliphatic carbocycles. The Balaban J connectivity index is 1.53. The first-order valence-electron chi connectivity index (χ1n) is 12.0. The van der Waals surface area contributed by atoms with Gasteiger partial charge < -0.3 is 14.8 Å². The summed E-state index contributed by atoms with van der Waals surface area (Å²) in [5.74, 6) is 0.696. The maximum Gasteiger partial charge on any atom is 0.101 e. The van der Waals surface area contributed by atoms with Crippen LogP contribution in [0.15, 0.2) is 82.8 Å². The van der Waals surface area contributed by atoms with Gasteiger partial charge in [0.25, 0.3) is 0 Å². The van der Waals surface area contributed by atoms with Crippen LogP contribution in [-0.2, 0) is 4.74 Å². The number of aliphatic hydroxyl groups excluding tert-OH is 1. The lowest BCUT2D eigenvalue weighted by molar-refractivity contribution is 0.116. The average Bonchev–Trinajstić information content (AvgIpc) is 3.29. The summed E-state index contributed by atoms with van der Waals surface area (Å²) in [5, 5.41) is 11.9. The van der Waals surface area contributed by atoms with E-state index in [0.29, 0.717) is 12.4 Å². The number of allylic oxidation sites excluding steroid dienone is 7. The zero-order valence-electron chi connectivity index (χ0n) is 18.9. The van der Waals surface area contributed by atoms with Crippen LogP contribution in [0, 0.1) is 11.3 Å². The molecule has 3 heteroatoms. The number of H-pyrrole nitrogens is 1. The number of aromatic nitrogens is 1. The van der Waals surface area contributed by atoms with Crippen molar-refractivity contribution < 1.29 is 9.84 Å². The number of hydrogen-bond acceptors (Lipinski definition) is 2. The van der Waals surface area contributed by atoms with Crippen LogP contribution >= 0.6 is 0 Å². The van der Waals surface area contributed by atoms with Gasteiger partial charge in [-0.2, -0.15) is 0 Å². The number of unbranched alkanes of at least 4 members (excludes halogenated alkanes) is 1. The molecular formula is C29H31NO2. The molecule has 2 heterocycles. The summed E-state index contributed by atoms with van der Waals surface area (Å²) in [6, 6.07) is 8.51. The van der Waals surface area contributed by atoms with E-state index in [0.717, 1.165) is 18.4 Å². The molecule has 1 aliphatic heterocycles. The van der Waals surface area contributed by atoms with Gasteiger partial charge in [0.2, 0.25) is 0 Å². The van der Waals surface area contributed by atoms with E-state index in [1.165, 1.54) is 52.5 Å². The fourth-order valence-corrected chi connectivity index (χ4v) is 6.06. The molecule has 1 saturated carbocycles. The second-order valence-corrected chi connectivity index (χ2v) is 9.89. The highest BCUT2D eigenvalue weighted by atomic mass is 16.5. The summed E-state index contributed by atoms with van der Waals surface area (Å²) in [6.45, 7) is 4.98. The summed E-state index contributed by atoms with van der Waals surface area (Å²) >= 11 is 0. The Kier molecular flexibility index (Phi) is 4.58. The average molecular weight is 426 g/mol. The van der Waals surface area contributed by atoms with Gasteiger partial charge in [0.1, 0.15) is 5.76 Å². The number of benzene rings is 1. The van der Waals surface area contributed by atoms with Gasteiger partial charge in [-0.15, -0.1) is 0 Å². The fraction of sp³-hybridized carbons (Fsp3) is 0.379. The molecule has 6 rings (SSSR count). The lowest BCUT2D eigenvalue weighted by Crippen LogP contribution is -2.15. The van der Waals surface area contributed by atoms with Crippen molar-refractivity contribution >= 4 is 16.5 Å². The van der Waals surface area contributed by atoms with Gasteiger partial charge in [0, 0.05) is 28.6 Å². The van der Waals surface area contributed by atoms with Crippen molar-refractivity contribution in [2.75, 3.05) is 6.61 Å². The molecule has 0 spiro atoms. The Morgan fingerprint density at radius 1 is 1.12 bits per heavy atom. The minimum Gasteiger partial charge on any atom is -0.512 e. The SMILES string of the molecule is CCCCC1=CC=C(C2=C(c3c[nH]c4ccccc34)COC3C4C2=CC=C(O)C34C)CC1. The van der Waals surface area contributed by atoms with Crippen molar-refractivity contribution in [3.05, 3.63) is 88.4 Å². The Hall–Kier alpha value is -2.78. The lowest BCUT2D eigenvalue weighted by atomic mass is 9.79. The Morgan fingerprint density at radius 2 is 2.00 bits per heavy atom. The molecule has 3 nitrogen and oxygen atoms in total. The van der Waals surface area contributed by atoms with Crippen LogP contribution in [0.2, 0.25) is 0 Å². The lowest BCUT2D eigenvalue weighted by Gasteiger charge is -2.26. The first-order chi connectivity index (χ1) is 15.6. The summed E-state index contributed by atoms with van der Waals surface area (Å²) < 4.78 is 6.49. The van der Waals surface area contributed by atoms with E-state index in [4.69, 9.17) is 4.74 Å². The van der Waals surface area contributed by atoms with Crippen LogP contribution in [0.4, 0.5) is 0 Å². The van der Waals surface area contributed by atoms with Gasteiger partial charge in [-0.25, -0.2) is 0 Å². The largest absolute Gasteiger partial charge is 0.512 e. The zero-order chi connectivity index (χ0) is 21.9. The molecule has 3 unspecified atom stereocenters. The molecule has 32 heavy (non-hydrogen) atoms. The summed E-state index contributed by atoms with van der Waals surface area (Å²) in [6.07, 6.45) is 16.9. The van der Waals surface area contributed by atoms with Crippen molar-refractivity contribution in [3.63, 3.8) is 0 Å². The zero-order valence-corrected chi connectivity index (χ0v) is 18.9. The molecule has 1 aromatic carbocycles. The number of aliphatic hydroxyl groups is 1. The molecule has 0 bridgehead atoms. The summed E-state index contributed by atoms with van der Waals surface area (Å²) in [7, 11) is 0. The number of ether oxygens (including phenoxy) is 1. The van der Waals surface area contributed by atoms with E-state index in [9.17, 15) is 5.11 Å². The molecule has 0 radical (unpaired) electrons. The molecule has 3 atom stereocenters. The monoisotopic (exact) mass is 425 g/mol. The Morgan fingerprint density at radius 3 is 2.81 bits per heavy atom. The first kappa shape index (κ1) is 19.9. The van der Waals surface area contributed by atoms with Gasteiger partial charge in [-0.1, -0.05) is 55.3 Å². The van der Waals surface area contributed by atoms with E-state index in [1.807, 2.05) is 6.08 Å². The molecule has 0 saturated heterocycles. The van der Waals surface area contributed by atoms with E-state index in [1.54, 1.807) is 5.57 Å². The number of nitrogens with one attached hydrogen (secondary N) is 1. The van der Waals surface area contributed by atoms with Crippen molar-refractivity contribution in [1.29, 1.82) is 0 Å². The summed E-state index contributed by atoms with van der Waals surface area (Å²) in [4.78, 5) is 3.46. The van der Waals surface area contributed by atoms with Crippen LogP contribution < -0.4 is 0 Å². The number of para-hydroxylation sites is 1. The Bertz CT molecular complexity index is 1250. The molecular weight excluding hydrogens is 394 g/mol. The van der Waals surface area contributed by atoms with E-state index in [2.05, 4.69) is 67.5 Å². The molecule has 1 fully saturated rings. The molecule has 164 valence electrons. The third-order valence-electron chi connectivity index (χ3n) is 8.06. The van der Waals surface area contributed by atoms with E-state index < -0.39 is 0 Å². The standard InChI is InChI=1S/C29H31NO2/c1-3-4-7-18-10-12-19(13-11-18)26-21-14-15-25(31)29(2)27(21)28(29)32-17-23(26)22-16-30-24-9-6-5-8-20(22)24/h5-6,8-10,12,14-16,27-28,30-31H,3-4,7,11,13,17H2,1-2H3. The predicted molar refractivity (Wildman–Crippen MR) is 130 cm³/mol. The van der Waals surface area contributed by atoms with Crippen LogP contribution in [0.3, 0.4) is 0 Å². The number of hydrogen-bond donors (Lipinski definition) is 2. The third-order valence-corrected chi connectivity index (χ3v) is 8.06. The molecule has 2 N–H and O–H groups in total. The molecule has 4 aliphatic rings. The topological polar surface area (TPSA) is 45.2 Å².